The molecule has 1 aromatic carbocycles. The molecule has 1 amide bonds. The number of carbonyl (C=O) groups excluding carboxylic acids is 1. The third-order valence-electron chi connectivity index (χ3n) is 5.58. The lowest BCUT2D eigenvalue weighted by atomic mass is 9.88. The average Bonchev–Trinajstić information content (AvgIpc) is 3.10. The number of nitrogens with one attached hydrogen (secondary N) is 2. The fourth-order valence-electron chi connectivity index (χ4n) is 3.27. The third-order valence-corrected chi connectivity index (χ3v) is 5.58. The molecule has 0 bridgehead atoms. The van der Waals surface area contributed by atoms with Gasteiger partial charge in [-0.2, -0.15) is 13.2 Å². The number of hydrogen-bond donors (Lipinski definition) is 2. The number of hydrogen-bond acceptors (Lipinski definition) is 5. The van der Waals surface area contributed by atoms with E-state index in [2.05, 4.69) is 31.4 Å². The van der Waals surface area contributed by atoms with Gasteiger partial charge >= 0.3 is 12.1 Å². The number of alkyl halides is 3. The lowest BCUT2D eigenvalue weighted by Crippen LogP contribution is -2.46. The summed E-state index contributed by atoms with van der Waals surface area (Å²) >= 11 is 0. The Hall–Kier alpha value is -2.36. The van der Waals surface area contributed by atoms with Crippen molar-refractivity contribution in [3.05, 3.63) is 33.9 Å². The first-order valence-electron chi connectivity index (χ1n) is 9.93. The van der Waals surface area contributed by atoms with Gasteiger partial charge in [0, 0.05) is 37.8 Å². The second-order valence-corrected chi connectivity index (χ2v) is 8.75. The van der Waals surface area contributed by atoms with Crippen LogP contribution < -0.4 is 10.6 Å². The van der Waals surface area contributed by atoms with Gasteiger partial charge in [0.15, 0.2) is 0 Å². The maximum absolute atomic E-state index is 12.7. The zero-order valence-electron chi connectivity index (χ0n) is 17.7. The Bertz CT molecular complexity index is 778. The van der Waals surface area contributed by atoms with E-state index in [1.54, 1.807) is 12.1 Å². The van der Waals surface area contributed by atoms with E-state index in [1.165, 1.54) is 6.07 Å². The lowest BCUT2D eigenvalue weighted by molar-refractivity contribution is -0.384. The van der Waals surface area contributed by atoms with Gasteiger partial charge in [-0.05, 0) is 36.8 Å². The molecular formula is C20H29F3N4O3. The van der Waals surface area contributed by atoms with Gasteiger partial charge in [0.25, 0.3) is 5.69 Å². The van der Waals surface area contributed by atoms with Gasteiger partial charge in [0.2, 0.25) is 0 Å². The van der Waals surface area contributed by atoms with Crippen molar-refractivity contribution in [3.8, 4) is 0 Å². The van der Waals surface area contributed by atoms with E-state index in [9.17, 15) is 28.1 Å². The van der Waals surface area contributed by atoms with Crippen molar-refractivity contribution in [2.75, 3.05) is 18.4 Å². The van der Waals surface area contributed by atoms with E-state index in [4.69, 9.17) is 0 Å². The molecule has 1 aliphatic rings. The van der Waals surface area contributed by atoms with Gasteiger partial charge in [-0.15, -0.1) is 0 Å². The van der Waals surface area contributed by atoms with Crippen LogP contribution in [-0.2, 0) is 11.3 Å². The van der Waals surface area contributed by atoms with Crippen LogP contribution in [0.2, 0.25) is 0 Å². The van der Waals surface area contributed by atoms with E-state index in [1.807, 2.05) is 6.92 Å². The second-order valence-electron chi connectivity index (χ2n) is 8.75. The van der Waals surface area contributed by atoms with Crippen LogP contribution in [0.25, 0.3) is 0 Å². The van der Waals surface area contributed by atoms with Crippen LogP contribution in [0.4, 0.5) is 24.5 Å². The Kier molecular flexibility index (Phi) is 7.33. The number of anilines is 1. The number of rotatable bonds is 7. The number of nitro benzene ring substituents is 1. The van der Waals surface area contributed by atoms with E-state index >= 15 is 0 Å². The smallest absolute Gasteiger partial charge is 0.377 e. The molecule has 30 heavy (non-hydrogen) atoms. The zero-order valence-corrected chi connectivity index (χ0v) is 17.7. The highest BCUT2D eigenvalue weighted by Gasteiger charge is 2.45. The molecule has 1 fully saturated rings. The number of halogens is 3. The molecule has 10 heteroatoms. The molecule has 7 nitrogen and oxygen atoms in total. The number of amides is 1. The minimum absolute atomic E-state index is 0.0152. The molecule has 2 N–H and O–H groups in total. The molecule has 1 unspecified atom stereocenters. The number of carbonyl (C=O) groups is 1. The summed E-state index contributed by atoms with van der Waals surface area (Å²) in [6.45, 7) is 8.82. The molecular weight excluding hydrogens is 401 g/mol. The number of nitro groups is 1. The summed E-state index contributed by atoms with van der Waals surface area (Å²) in [5.74, 6) is -1.87. The molecule has 0 aliphatic carbocycles. The fourth-order valence-corrected chi connectivity index (χ4v) is 3.27. The van der Waals surface area contributed by atoms with Crippen molar-refractivity contribution >= 4 is 17.3 Å². The van der Waals surface area contributed by atoms with Crippen LogP contribution in [-0.4, -0.2) is 47.1 Å². The summed E-state index contributed by atoms with van der Waals surface area (Å²) in [7, 11) is 0. The fraction of sp³-hybridized carbons (Fsp3) is 0.650. The first-order chi connectivity index (χ1) is 13.8. The topological polar surface area (TPSA) is 87.5 Å². The van der Waals surface area contributed by atoms with Gasteiger partial charge in [-0.25, -0.2) is 0 Å². The molecule has 1 heterocycles. The molecule has 0 saturated carbocycles. The molecule has 2 rings (SSSR count). The van der Waals surface area contributed by atoms with Crippen LogP contribution in [0.15, 0.2) is 18.2 Å². The Labute approximate surface area is 174 Å². The van der Waals surface area contributed by atoms with E-state index < -0.39 is 23.0 Å². The second kappa shape index (κ2) is 9.20. The van der Waals surface area contributed by atoms with Crippen molar-refractivity contribution in [2.45, 2.75) is 65.3 Å². The zero-order chi connectivity index (χ0) is 22.7. The van der Waals surface area contributed by atoms with Crippen LogP contribution >= 0.6 is 0 Å². The summed E-state index contributed by atoms with van der Waals surface area (Å²) in [5, 5.41) is 17.7. The largest absolute Gasteiger partial charge is 0.471 e. The van der Waals surface area contributed by atoms with E-state index in [-0.39, 0.29) is 35.9 Å². The normalized spacial score (nSPS) is 18.4. The summed E-state index contributed by atoms with van der Waals surface area (Å²) < 4.78 is 38.2. The first-order valence-corrected chi connectivity index (χ1v) is 9.93. The highest BCUT2D eigenvalue weighted by molar-refractivity contribution is 5.82. The molecule has 1 aromatic rings. The standard InChI is InChI=1S/C20H29F3N4O3/c1-13(19(2,3)4)24-11-14-7-8-16(17(10-14)27(29)30)25-12-15-6-5-9-26(15)18(28)20(21,22)23/h7-8,10,13,15,24-25H,5-6,9,11-12H2,1-4H3/t13-,15?/m0/s1. The minimum atomic E-state index is -4.92. The highest BCUT2D eigenvalue weighted by atomic mass is 19.4. The van der Waals surface area contributed by atoms with Gasteiger partial charge < -0.3 is 15.5 Å². The Morgan fingerprint density at radius 1 is 1.33 bits per heavy atom. The van der Waals surface area contributed by atoms with Crippen molar-refractivity contribution in [2.24, 2.45) is 5.41 Å². The van der Waals surface area contributed by atoms with Gasteiger partial charge in [-0.1, -0.05) is 26.8 Å². The first kappa shape index (κ1) is 23.9. The molecule has 0 aromatic heterocycles. The van der Waals surface area contributed by atoms with Crippen molar-refractivity contribution in [3.63, 3.8) is 0 Å². The SMILES string of the molecule is C[C@H](NCc1ccc(NCC2CCCN2C(=O)C(F)(F)F)c([N+](=O)[O-])c1)C(C)(C)C. The van der Waals surface area contributed by atoms with Crippen LogP contribution in [0.3, 0.4) is 0 Å². The molecule has 2 atom stereocenters. The summed E-state index contributed by atoms with van der Waals surface area (Å²) in [4.78, 5) is 23.3. The third kappa shape index (κ3) is 6.07. The Morgan fingerprint density at radius 2 is 2.00 bits per heavy atom. The predicted octanol–water partition coefficient (Wildman–Crippen LogP) is 4.08. The lowest BCUT2D eigenvalue weighted by Gasteiger charge is -2.28. The van der Waals surface area contributed by atoms with Crippen molar-refractivity contribution < 1.29 is 22.9 Å². The quantitative estimate of drug-likeness (QED) is 0.503. The maximum atomic E-state index is 12.7. The summed E-state index contributed by atoms with van der Waals surface area (Å²) in [6.07, 6.45) is -4.05. The highest BCUT2D eigenvalue weighted by Crippen LogP contribution is 2.29. The molecule has 0 spiro atoms. The summed E-state index contributed by atoms with van der Waals surface area (Å²) in [6, 6.07) is 4.28. The van der Waals surface area contributed by atoms with Crippen LogP contribution in [0, 0.1) is 15.5 Å². The van der Waals surface area contributed by atoms with Crippen molar-refractivity contribution in [1.29, 1.82) is 0 Å². The van der Waals surface area contributed by atoms with Gasteiger partial charge in [-0.3, -0.25) is 14.9 Å². The minimum Gasteiger partial charge on any atom is -0.377 e. The van der Waals surface area contributed by atoms with Gasteiger partial charge in [0.05, 0.1) is 4.92 Å². The van der Waals surface area contributed by atoms with Crippen LogP contribution in [0.5, 0.6) is 0 Å². The van der Waals surface area contributed by atoms with E-state index in [0.717, 1.165) is 10.5 Å². The van der Waals surface area contributed by atoms with Gasteiger partial charge in [0.1, 0.15) is 5.69 Å². The molecule has 0 radical (unpaired) electrons. The summed E-state index contributed by atoms with van der Waals surface area (Å²) in [5.41, 5.74) is 0.843. The Morgan fingerprint density at radius 3 is 2.57 bits per heavy atom. The number of nitrogens with zero attached hydrogens (tertiary/aromatic N) is 2. The van der Waals surface area contributed by atoms with Crippen LogP contribution in [0.1, 0.15) is 46.1 Å². The Balaban J connectivity index is 2.07. The monoisotopic (exact) mass is 430 g/mol. The number of benzene rings is 1. The predicted molar refractivity (Wildman–Crippen MR) is 108 cm³/mol. The van der Waals surface area contributed by atoms with E-state index in [0.29, 0.717) is 19.4 Å². The van der Waals surface area contributed by atoms with Crippen molar-refractivity contribution in [1.82, 2.24) is 10.2 Å². The molecule has 168 valence electrons. The molecule has 1 aliphatic heterocycles. The maximum Gasteiger partial charge on any atom is 0.471 e. The average molecular weight is 430 g/mol. The number of likely N-dealkylation sites (tertiary alicyclic amines) is 1. The molecule has 1 saturated heterocycles.